The van der Waals surface area contributed by atoms with Crippen LogP contribution >= 0.6 is 0 Å². The third-order valence-electron chi connectivity index (χ3n) is 5.60. The molecule has 5 nitrogen and oxygen atoms in total. The lowest BCUT2D eigenvalue weighted by Crippen LogP contribution is -2.53. The van der Waals surface area contributed by atoms with Crippen LogP contribution in [0.5, 0.6) is 0 Å². The van der Waals surface area contributed by atoms with Crippen molar-refractivity contribution in [3.05, 3.63) is 35.9 Å². The van der Waals surface area contributed by atoms with E-state index in [0.717, 1.165) is 37.8 Å². The van der Waals surface area contributed by atoms with Crippen LogP contribution in [0.15, 0.2) is 30.3 Å². The fourth-order valence-corrected chi connectivity index (χ4v) is 4.18. The monoisotopic (exact) mass is 344 g/mol. The molecule has 3 rings (SSSR count). The molecular formula is C20H28N2O3. The Kier molecular flexibility index (Phi) is 5.30. The van der Waals surface area contributed by atoms with Gasteiger partial charge in [-0.15, -0.1) is 0 Å². The molecule has 0 N–H and O–H groups in total. The number of rotatable bonds is 3. The number of nitrogens with zero attached hydrogens (tertiary/aromatic N) is 2. The highest BCUT2D eigenvalue weighted by Crippen LogP contribution is 2.45. The van der Waals surface area contributed by atoms with Gasteiger partial charge in [0, 0.05) is 26.7 Å². The smallest absolute Gasteiger partial charge is 0.409 e. The predicted octanol–water partition coefficient (Wildman–Crippen LogP) is 3.26. The van der Waals surface area contributed by atoms with Gasteiger partial charge in [-0.25, -0.2) is 4.79 Å². The molecule has 0 radical (unpaired) electrons. The summed E-state index contributed by atoms with van der Waals surface area (Å²) in [7, 11) is 1.90. The molecule has 25 heavy (non-hydrogen) atoms. The third kappa shape index (κ3) is 3.80. The molecule has 0 saturated carbocycles. The van der Waals surface area contributed by atoms with Crippen LogP contribution in [0.2, 0.25) is 0 Å². The van der Waals surface area contributed by atoms with Gasteiger partial charge >= 0.3 is 6.09 Å². The molecule has 2 amide bonds. The van der Waals surface area contributed by atoms with E-state index in [1.54, 1.807) is 0 Å². The summed E-state index contributed by atoms with van der Waals surface area (Å²) in [6, 6.07) is 10.1. The van der Waals surface area contributed by atoms with E-state index < -0.39 is 0 Å². The molecule has 1 unspecified atom stereocenters. The van der Waals surface area contributed by atoms with Crippen LogP contribution in [0.3, 0.4) is 0 Å². The molecule has 2 fully saturated rings. The molecule has 2 heterocycles. The maximum Gasteiger partial charge on any atom is 0.409 e. The molecule has 1 aromatic rings. The minimum absolute atomic E-state index is 0.0708. The van der Waals surface area contributed by atoms with Gasteiger partial charge in [-0.3, -0.25) is 4.79 Å². The van der Waals surface area contributed by atoms with E-state index in [-0.39, 0.29) is 23.3 Å². The maximum atomic E-state index is 12.7. The van der Waals surface area contributed by atoms with Gasteiger partial charge in [0.25, 0.3) is 0 Å². The molecule has 2 saturated heterocycles. The van der Waals surface area contributed by atoms with Gasteiger partial charge in [0.2, 0.25) is 5.91 Å². The third-order valence-corrected chi connectivity index (χ3v) is 5.60. The summed E-state index contributed by atoms with van der Waals surface area (Å²) in [5.74, 6) is 0.139. The second kappa shape index (κ2) is 7.46. The maximum absolute atomic E-state index is 12.7. The molecule has 0 aliphatic carbocycles. The quantitative estimate of drug-likeness (QED) is 0.846. The molecule has 2 aliphatic rings. The molecule has 0 aromatic heterocycles. The van der Waals surface area contributed by atoms with Crippen molar-refractivity contribution in [1.82, 2.24) is 9.80 Å². The van der Waals surface area contributed by atoms with Crippen LogP contribution in [0.1, 0.15) is 44.1 Å². The van der Waals surface area contributed by atoms with E-state index >= 15 is 0 Å². The number of hydrogen-bond donors (Lipinski definition) is 0. The van der Waals surface area contributed by atoms with Crippen molar-refractivity contribution < 1.29 is 14.3 Å². The summed E-state index contributed by atoms with van der Waals surface area (Å²) in [6.45, 7) is 4.69. The number of likely N-dealkylation sites (tertiary alicyclic amines) is 2. The van der Waals surface area contributed by atoms with Crippen molar-refractivity contribution in [2.75, 3.05) is 33.3 Å². The molecule has 0 bridgehead atoms. The van der Waals surface area contributed by atoms with Crippen molar-refractivity contribution in [2.45, 2.75) is 38.5 Å². The molecular weight excluding hydrogens is 316 g/mol. The van der Waals surface area contributed by atoms with Crippen molar-refractivity contribution in [3.63, 3.8) is 0 Å². The standard InChI is InChI=1S/C20H28N2O3/c1-3-13-25-19(24)22-11-9-20(10-12-22)14-17(18(23)21(2)15-20)16-7-5-4-6-8-16/h4-8,17H,3,9-15H2,1-2H3. The van der Waals surface area contributed by atoms with E-state index in [1.807, 2.05) is 54.1 Å². The Labute approximate surface area is 149 Å². The van der Waals surface area contributed by atoms with E-state index in [0.29, 0.717) is 19.7 Å². The predicted molar refractivity (Wildman–Crippen MR) is 96.3 cm³/mol. The second-order valence-corrected chi connectivity index (χ2v) is 7.46. The number of likely N-dealkylation sites (N-methyl/N-ethyl adjacent to an activating group) is 1. The average Bonchev–Trinajstić information content (AvgIpc) is 2.64. The van der Waals surface area contributed by atoms with Crippen LogP contribution in [0.4, 0.5) is 4.79 Å². The lowest BCUT2D eigenvalue weighted by atomic mass is 9.68. The van der Waals surface area contributed by atoms with Crippen LogP contribution in [0, 0.1) is 5.41 Å². The molecule has 136 valence electrons. The fraction of sp³-hybridized carbons (Fsp3) is 0.600. The highest BCUT2D eigenvalue weighted by atomic mass is 16.6. The highest BCUT2D eigenvalue weighted by molar-refractivity contribution is 5.84. The van der Waals surface area contributed by atoms with Gasteiger partial charge in [-0.1, -0.05) is 37.3 Å². The largest absolute Gasteiger partial charge is 0.449 e. The number of ether oxygens (including phenoxy) is 1. The SMILES string of the molecule is CCCOC(=O)N1CCC2(CC1)CC(c1ccccc1)C(=O)N(C)C2. The first-order chi connectivity index (χ1) is 12.0. The normalized spacial score (nSPS) is 23.0. The zero-order valence-electron chi connectivity index (χ0n) is 15.2. The first-order valence-corrected chi connectivity index (χ1v) is 9.26. The summed E-state index contributed by atoms with van der Waals surface area (Å²) >= 11 is 0. The Morgan fingerprint density at radius 1 is 1.24 bits per heavy atom. The summed E-state index contributed by atoms with van der Waals surface area (Å²) < 4.78 is 5.26. The topological polar surface area (TPSA) is 49.9 Å². The van der Waals surface area contributed by atoms with Crippen molar-refractivity contribution in [1.29, 1.82) is 0 Å². The highest BCUT2D eigenvalue weighted by Gasteiger charge is 2.45. The minimum Gasteiger partial charge on any atom is -0.449 e. The summed E-state index contributed by atoms with van der Waals surface area (Å²) in [5.41, 5.74) is 1.20. The summed E-state index contributed by atoms with van der Waals surface area (Å²) in [4.78, 5) is 28.4. The van der Waals surface area contributed by atoms with Gasteiger partial charge in [0.05, 0.1) is 12.5 Å². The van der Waals surface area contributed by atoms with E-state index in [1.165, 1.54) is 0 Å². The number of piperidine rings is 2. The van der Waals surface area contributed by atoms with Gasteiger partial charge in [0.15, 0.2) is 0 Å². The Hall–Kier alpha value is -2.04. The Morgan fingerprint density at radius 3 is 2.56 bits per heavy atom. The zero-order valence-corrected chi connectivity index (χ0v) is 15.2. The minimum atomic E-state index is -0.198. The van der Waals surface area contributed by atoms with Gasteiger partial charge in [0.1, 0.15) is 0 Å². The number of benzene rings is 1. The molecule has 1 spiro atoms. The van der Waals surface area contributed by atoms with Gasteiger partial charge in [-0.2, -0.15) is 0 Å². The number of carbonyl (C=O) groups excluding carboxylic acids is 2. The van der Waals surface area contributed by atoms with Crippen molar-refractivity contribution >= 4 is 12.0 Å². The van der Waals surface area contributed by atoms with Crippen molar-refractivity contribution in [3.8, 4) is 0 Å². The number of amides is 2. The average molecular weight is 344 g/mol. The molecule has 2 aliphatic heterocycles. The fourth-order valence-electron chi connectivity index (χ4n) is 4.18. The van der Waals surface area contributed by atoms with Crippen LogP contribution < -0.4 is 0 Å². The lowest BCUT2D eigenvalue weighted by molar-refractivity contribution is -0.139. The molecule has 5 heteroatoms. The Bertz CT molecular complexity index is 609. The molecule has 1 aromatic carbocycles. The Morgan fingerprint density at radius 2 is 1.92 bits per heavy atom. The van der Waals surface area contributed by atoms with E-state index in [9.17, 15) is 9.59 Å². The zero-order chi connectivity index (χ0) is 17.9. The summed E-state index contributed by atoms with van der Waals surface area (Å²) in [5, 5.41) is 0. The first kappa shape index (κ1) is 17.8. The number of carbonyl (C=O) groups is 2. The lowest BCUT2D eigenvalue weighted by Gasteiger charge is -2.48. The van der Waals surface area contributed by atoms with E-state index in [4.69, 9.17) is 4.74 Å². The number of hydrogen-bond acceptors (Lipinski definition) is 3. The van der Waals surface area contributed by atoms with Crippen LogP contribution in [-0.2, 0) is 9.53 Å². The Balaban J connectivity index is 1.68. The summed E-state index contributed by atoms with van der Waals surface area (Å²) in [6.07, 6.45) is 3.37. The van der Waals surface area contributed by atoms with Crippen LogP contribution in [0.25, 0.3) is 0 Å². The van der Waals surface area contributed by atoms with Gasteiger partial charge in [-0.05, 0) is 36.7 Å². The first-order valence-electron chi connectivity index (χ1n) is 9.26. The van der Waals surface area contributed by atoms with Crippen LogP contribution in [-0.4, -0.2) is 55.1 Å². The van der Waals surface area contributed by atoms with E-state index in [2.05, 4.69) is 0 Å². The second-order valence-electron chi connectivity index (χ2n) is 7.46. The van der Waals surface area contributed by atoms with Gasteiger partial charge < -0.3 is 14.5 Å². The molecule has 1 atom stereocenters. The van der Waals surface area contributed by atoms with Crippen molar-refractivity contribution in [2.24, 2.45) is 5.41 Å².